The Kier molecular flexibility index (Phi) is 8.09. The zero-order valence-corrected chi connectivity index (χ0v) is 42.6. The molecule has 2 heterocycles. The summed E-state index contributed by atoms with van der Waals surface area (Å²) in [5.74, 6) is 0. The predicted molar refractivity (Wildman–Crippen MR) is 313 cm³/mol. The van der Waals surface area contributed by atoms with E-state index >= 15 is 0 Å². The van der Waals surface area contributed by atoms with Gasteiger partial charge in [0.2, 0.25) is 0 Å². The van der Waals surface area contributed by atoms with Crippen molar-refractivity contribution >= 4 is 60.9 Å². The monoisotopic (exact) mass is 971 g/mol. The Morgan fingerprint density at radius 1 is 0.316 bits per heavy atom. The van der Waals surface area contributed by atoms with E-state index in [1.54, 1.807) is 0 Å². The fourth-order valence-electron chi connectivity index (χ4n) is 14.9. The van der Waals surface area contributed by atoms with Crippen molar-refractivity contribution in [3.05, 3.63) is 269 Å². The largest absolute Gasteiger partial charge is 0.456 e. The first-order chi connectivity index (χ1) is 37.2. The Labute approximate surface area is 440 Å². The van der Waals surface area contributed by atoms with Gasteiger partial charge in [0, 0.05) is 43.9 Å². The van der Waals surface area contributed by atoms with Crippen molar-refractivity contribution in [2.75, 3.05) is 4.90 Å². The quantitative estimate of drug-likeness (QED) is 0.176. The molecule has 0 atom stereocenters. The van der Waals surface area contributed by atoms with Gasteiger partial charge in [0.15, 0.2) is 0 Å². The minimum absolute atomic E-state index is 0.191. The number of furan rings is 2. The van der Waals surface area contributed by atoms with Crippen molar-refractivity contribution in [3.8, 4) is 55.6 Å². The predicted octanol–water partition coefficient (Wildman–Crippen LogP) is 19.6. The smallest absolute Gasteiger partial charge is 0.144 e. The maximum absolute atomic E-state index is 7.47. The van der Waals surface area contributed by atoms with Gasteiger partial charge < -0.3 is 13.7 Å². The Morgan fingerprint density at radius 3 is 1.36 bits per heavy atom. The Balaban J connectivity index is 0.947. The molecule has 76 heavy (non-hydrogen) atoms. The van der Waals surface area contributed by atoms with Crippen LogP contribution in [-0.4, -0.2) is 0 Å². The third-order valence-corrected chi connectivity index (χ3v) is 18.3. The molecule has 0 saturated heterocycles. The number of para-hydroxylation sites is 1. The fraction of sp³-hybridized carbons (Fsp3) is 0.0959. The van der Waals surface area contributed by atoms with Gasteiger partial charge in [-0.3, -0.25) is 0 Å². The van der Waals surface area contributed by atoms with Crippen LogP contribution in [0.2, 0.25) is 0 Å². The summed E-state index contributed by atoms with van der Waals surface area (Å²) in [6.45, 7) is 9.48. The third kappa shape index (κ3) is 5.18. The van der Waals surface area contributed by atoms with Crippen LogP contribution in [0.15, 0.2) is 233 Å². The standard InChI is InChI=1S/C73H49NO2/c1-71(2)55-24-11-5-18-45(55)50-36-33-43(39-60(50)71)74(44-34-37-51-46-19-6-12-25-56(46)72(3,4)61(51)40-44)63-29-17-31-65-68(63)54-41-66-69(53-23-10-16-30-64(53)75-66)67(70(54)76-65)42-32-35-52-49-22-9-15-28-59(49)73(62(52)38-42)57-26-13-7-20-47(57)48-21-8-14-27-58(48)73/h5-41H,1-4H3. The maximum Gasteiger partial charge on any atom is 0.144 e. The number of hydrogen-bond acceptors (Lipinski definition) is 3. The van der Waals surface area contributed by atoms with E-state index in [0.717, 1.165) is 72.1 Å². The SMILES string of the molecule is CC1(C)c2ccccc2-c2ccc(N(c3ccc4c(c3)C(C)(C)c3ccccc3-4)c3cccc4oc5c(-c6ccc7c(c6)C6(c8ccccc8-c8ccccc86)c6ccccc6-7)c6c(cc5c34)oc3ccccc36)cc21. The van der Waals surface area contributed by atoms with Crippen LogP contribution in [0, 0.1) is 0 Å². The normalized spacial score (nSPS) is 15.2. The lowest BCUT2D eigenvalue weighted by Gasteiger charge is -2.30. The summed E-state index contributed by atoms with van der Waals surface area (Å²) < 4.78 is 14.5. The lowest BCUT2D eigenvalue weighted by Crippen LogP contribution is -2.25. The highest BCUT2D eigenvalue weighted by Gasteiger charge is 2.52. The molecule has 4 aliphatic carbocycles. The van der Waals surface area contributed by atoms with Gasteiger partial charge >= 0.3 is 0 Å². The van der Waals surface area contributed by atoms with Crippen LogP contribution < -0.4 is 4.90 Å². The molecule has 17 rings (SSSR count). The molecule has 0 unspecified atom stereocenters. The molecule has 3 heteroatoms. The van der Waals surface area contributed by atoms with Crippen molar-refractivity contribution in [1.82, 2.24) is 0 Å². The van der Waals surface area contributed by atoms with E-state index < -0.39 is 5.41 Å². The topological polar surface area (TPSA) is 29.5 Å². The molecule has 0 amide bonds. The lowest BCUT2D eigenvalue weighted by atomic mass is 9.70. The van der Waals surface area contributed by atoms with E-state index in [0.29, 0.717) is 0 Å². The molecule has 11 aromatic carbocycles. The molecule has 0 bridgehead atoms. The summed E-state index contributed by atoms with van der Waals surface area (Å²) in [7, 11) is 0. The van der Waals surface area contributed by atoms with E-state index in [4.69, 9.17) is 8.83 Å². The van der Waals surface area contributed by atoms with Gasteiger partial charge in [-0.2, -0.15) is 0 Å². The average Bonchev–Trinajstić information content (AvgIpc) is 4.47. The number of hydrogen-bond donors (Lipinski definition) is 0. The number of fused-ring (bicyclic) bond motifs is 22. The van der Waals surface area contributed by atoms with Gasteiger partial charge in [-0.25, -0.2) is 0 Å². The highest BCUT2D eigenvalue weighted by Crippen LogP contribution is 2.64. The molecule has 4 aliphatic rings. The van der Waals surface area contributed by atoms with Crippen LogP contribution in [0.25, 0.3) is 99.5 Å². The Morgan fingerprint density at radius 2 is 0.776 bits per heavy atom. The van der Waals surface area contributed by atoms with Gasteiger partial charge in [-0.15, -0.1) is 0 Å². The van der Waals surface area contributed by atoms with Gasteiger partial charge in [-0.05, 0) is 149 Å². The van der Waals surface area contributed by atoms with Crippen molar-refractivity contribution in [2.45, 2.75) is 43.9 Å². The van der Waals surface area contributed by atoms with Crippen LogP contribution in [0.3, 0.4) is 0 Å². The maximum atomic E-state index is 7.47. The molecule has 0 aliphatic heterocycles. The average molecular weight is 972 g/mol. The van der Waals surface area contributed by atoms with Gasteiger partial charge in [0.25, 0.3) is 0 Å². The third-order valence-electron chi connectivity index (χ3n) is 18.3. The first-order valence-electron chi connectivity index (χ1n) is 26.7. The van der Waals surface area contributed by atoms with Crippen LogP contribution in [-0.2, 0) is 16.2 Å². The second kappa shape index (κ2) is 14.6. The minimum Gasteiger partial charge on any atom is -0.456 e. The molecular weight excluding hydrogens is 923 g/mol. The minimum atomic E-state index is -0.500. The van der Waals surface area contributed by atoms with Crippen molar-refractivity contribution in [1.29, 1.82) is 0 Å². The molecule has 0 fully saturated rings. The van der Waals surface area contributed by atoms with Crippen LogP contribution in [0.1, 0.15) is 72.2 Å². The number of rotatable bonds is 4. The van der Waals surface area contributed by atoms with Crippen molar-refractivity contribution < 1.29 is 8.83 Å². The van der Waals surface area contributed by atoms with Gasteiger partial charge in [-0.1, -0.05) is 198 Å². The van der Waals surface area contributed by atoms with Crippen molar-refractivity contribution in [2.24, 2.45) is 0 Å². The summed E-state index contributed by atoms with van der Waals surface area (Å²) in [5, 5.41) is 4.17. The molecule has 3 nitrogen and oxygen atoms in total. The molecule has 0 saturated carbocycles. The molecule has 2 aromatic heterocycles. The molecule has 0 radical (unpaired) electrons. The van der Waals surface area contributed by atoms with Crippen molar-refractivity contribution in [3.63, 3.8) is 0 Å². The number of benzene rings is 11. The van der Waals surface area contributed by atoms with E-state index in [-0.39, 0.29) is 10.8 Å². The molecule has 0 N–H and O–H groups in total. The second-order valence-electron chi connectivity index (χ2n) is 22.6. The number of nitrogens with zero attached hydrogens (tertiary/aromatic N) is 1. The second-order valence-corrected chi connectivity index (χ2v) is 22.6. The number of anilines is 3. The summed E-state index contributed by atoms with van der Waals surface area (Å²) in [6, 6.07) is 83.7. The highest BCUT2D eigenvalue weighted by atomic mass is 16.3. The molecule has 13 aromatic rings. The zero-order chi connectivity index (χ0) is 50.4. The Bertz CT molecular complexity index is 4560. The van der Waals surface area contributed by atoms with Crippen LogP contribution >= 0.6 is 0 Å². The first kappa shape index (κ1) is 42.2. The van der Waals surface area contributed by atoms with E-state index in [1.165, 1.54) is 89.0 Å². The summed E-state index contributed by atoms with van der Waals surface area (Å²) >= 11 is 0. The van der Waals surface area contributed by atoms with Crippen LogP contribution in [0.4, 0.5) is 17.1 Å². The summed E-state index contributed by atoms with van der Waals surface area (Å²) in [4.78, 5) is 2.49. The molecular formula is C73H49NO2. The first-order valence-corrected chi connectivity index (χ1v) is 26.7. The van der Waals surface area contributed by atoms with E-state index in [2.05, 4.69) is 257 Å². The van der Waals surface area contributed by atoms with Gasteiger partial charge in [0.1, 0.15) is 22.3 Å². The summed E-state index contributed by atoms with van der Waals surface area (Å²) in [6.07, 6.45) is 0. The summed E-state index contributed by atoms with van der Waals surface area (Å²) in [5.41, 5.74) is 28.8. The molecule has 1 spiro atoms. The zero-order valence-electron chi connectivity index (χ0n) is 42.6. The molecule has 358 valence electrons. The fourth-order valence-corrected chi connectivity index (χ4v) is 14.9. The van der Waals surface area contributed by atoms with E-state index in [9.17, 15) is 0 Å². The van der Waals surface area contributed by atoms with E-state index in [1.807, 2.05) is 0 Å². The Hall–Kier alpha value is -9.18. The highest BCUT2D eigenvalue weighted by molar-refractivity contribution is 6.26. The lowest BCUT2D eigenvalue weighted by molar-refractivity contribution is 0.660. The van der Waals surface area contributed by atoms with Crippen LogP contribution in [0.5, 0.6) is 0 Å². The van der Waals surface area contributed by atoms with Gasteiger partial charge in [0.05, 0.1) is 16.5 Å².